The Morgan fingerprint density at radius 2 is 1.14 bits per heavy atom. The lowest BCUT2D eigenvalue weighted by Gasteiger charge is -2.53. The fraction of sp³-hybridized carbons (Fsp3) is 0.875. The highest BCUT2D eigenvalue weighted by atomic mass is 16.5. The standard InChI is InChI=1S/C32H58N2O8/c1-12-39-27(35)16-25(29(37)41-14-3)33(22(5)6)21-32(11)19-24(18-31(9,10)20-32)34(23(7)8)26(30(38)42-15-4)17-28(36)40-13-2/h22-26H,12-21H2,1-11H3. The van der Waals surface area contributed by atoms with Gasteiger partial charge in [-0.1, -0.05) is 20.8 Å². The van der Waals surface area contributed by atoms with Crippen molar-refractivity contribution < 1.29 is 38.1 Å². The Labute approximate surface area is 254 Å². The molecule has 0 heterocycles. The molecule has 0 spiro atoms. The Morgan fingerprint density at radius 3 is 1.57 bits per heavy atom. The molecular weight excluding hydrogens is 540 g/mol. The van der Waals surface area contributed by atoms with E-state index in [1.54, 1.807) is 27.7 Å². The summed E-state index contributed by atoms with van der Waals surface area (Å²) >= 11 is 0. The van der Waals surface area contributed by atoms with Gasteiger partial charge in [-0.25, -0.2) is 0 Å². The summed E-state index contributed by atoms with van der Waals surface area (Å²) in [6.45, 7) is 23.2. The molecule has 244 valence electrons. The minimum Gasteiger partial charge on any atom is -0.466 e. The Bertz CT molecular complexity index is 890. The van der Waals surface area contributed by atoms with Crippen LogP contribution in [0.15, 0.2) is 0 Å². The van der Waals surface area contributed by atoms with Gasteiger partial charge in [0, 0.05) is 24.7 Å². The first kappa shape index (κ1) is 37.8. The predicted octanol–water partition coefficient (Wildman–Crippen LogP) is 4.76. The molecule has 0 aromatic rings. The molecule has 0 radical (unpaired) electrons. The van der Waals surface area contributed by atoms with Crippen molar-refractivity contribution in [3.63, 3.8) is 0 Å². The average molecular weight is 599 g/mol. The molecule has 0 N–H and O–H groups in total. The highest BCUT2D eigenvalue weighted by Gasteiger charge is 2.48. The van der Waals surface area contributed by atoms with Crippen LogP contribution in [0.3, 0.4) is 0 Å². The van der Waals surface area contributed by atoms with E-state index in [1.165, 1.54) is 0 Å². The van der Waals surface area contributed by atoms with Gasteiger partial charge in [-0.3, -0.25) is 29.0 Å². The van der Waals surface area contributed by atoms with Crippen molar-refractivity contribution >= 4 is 23.9 Å². The van der Waals surface area contributed by atoms with E-state index >= 15 is 0 Å². The van der Waals surface area contributed by atoms with Gasteiger partial charge in [-0.05, 0) is 85.5 Å². The van der Waals surface area contributed by atoms with Gasteiger partial charge in [-0.15, -0.1) is 0 Å². The molecule has 0 saturated heterocycles. The van der Waals surface area contributed by atoms with Crippen LogP contribution in [0.4, 0.5) is 0 Å². The quantitative estimate of drug-likeness (QED) is 0.172. The number of hydrogen-bond donors (Lipinski definition) is 0. The smallest absolute Gasteiger partial charge is 0.323 e. The van der Waals surface area contributed by atoms with Gasteiger partial charge in [0.2, 0.25) is 0 Å². The number of carbonyl (C=O) groups excluding carboxylic acids is 4. The topological polar surface area (TPSA) is 112 Å². The third-order valence-electron chi connectivity index (χ3n) is 7.88. The van der Waals surface area contributed by atoms with Gasteiger partial charge in [0.1, 0.15) is 12.1 Å². The minimum absolute atomic E-state index is 0.0392. The van der Waals surface area contributed by atoms with Gasteiger partial charge in [0.25, 0.3) is 0 Å². The van der Waals surface area contributed by atoms with Crippen molar-refractivity contribution in [3.05, 3.63) is 0 Å². The lowest BCUT2D eigenvalue weighted by molar-refractivity contribution is -0.161. The van der Waals surface area contributed by atoms with E-state index in [-0.39, 0.29) is 68.2 Å². The van der Waals surface area contributed by atoms with Crippen LogP contribution in [0, 0.1) is 10.8 Å². The van der Waals surface area contributed by atoms with Crippen molar-refractivity contribution in [1.29, 1.82) is 0 Å². The van der Waals surface area contributed by atoms with Crippen LogP contribution in [-0.4, -0.2) is 96.9 Å². The highest BCUT2D eigenvalue weighted by Crippen LogP contribution is 2.49. The summed E-state index contributed by atoms with van der Waals surface area (Å²) in [4.78, 5) is 55.8. The number of nitrogens with zero attached hydrogens (tertiary/aromatic N) is 2. The lowest BCUT2D eigenvalue weighted by Crippen LogP contribution is -2.59. The van der Waals surface area contributed by atoms with Crippen molar-refractivity contribution in [2.45, 2.75) is 138 Å². The van der Waals surface area contributed by atoms with E-state index in [4.69, 9.17) is 18.9 Å². The maximum absolute atomic E-state index is 13.3. The van der Waals surface area contributed by atoms with Crippen LogP contribution >= 0.6 is 0 Å². The third kappa shape index (κ3) is 11.5. The molecule has 4 unspecified atom stereocenters. The van der Waals surface area contributed by atoms with Gasteiger partial charge < -0.3 is 18.9 Å². The van der Waals surface area contributed by atoms with Crippen LogP contribution in [0.1, 0.15) is 108 Å². The summed E-state index contributed by atoms with van der Waals surface area (Å²) in [5.74, 6) is -1.73. The molecule has 10 nitrogen and oxygen atoms in total. The molecule has 0 bridgehead atoms. The zero-order chi connectivity index (χ0) is 32.3. The molecule has 4 atom stereocenters. The van der Waals surface area contributed by atoms with Crippen LogP contribution in [0.5, 0.6) is 0 Å². The molecule has 1 fully saturated rings. The number of esters is 4. The molecule has 1 rings (SSSR count). The van der Waals surface area contributed by atoms with Crippen LogP contribution < -0.4 is 0 Å². The molecule has 0 amide bonds. The molecule has 1 saturated carbocycles. The van der Waals surface area contributed by atoms with E-state index in [0.29, 0.717) is 6.54 Å². The maximum atomic E-state index is 13.3. The van der Waals surface area contributed by atoms with Crippen LogP contribution in [0.2, 0.25) is 0 Å². The Kier molecular flexibility index (Phi) is 15.5. The zero-order valence-electron chi connectivity index (χ0n) is 28.1. The predicted molar refractivity (Wildman–Crippen MR) is 162 cm³/mol. The molecule has 0 aliphatic heterocycles. The summed E-state index contributed by atoms with van der Waals surface area (Å²) in [7, 11) is 0. The summed E-state index contributed by atoms with van der Waals surface area (Å²) in [6.07, 6.45) is 2.26. The largest absolute Gasteiger partial charge is 0.466 e. The van der Waals surface area contributed by atoms with Gasteiger partial charge >= 0.3 is 23.9 Å². The van der Waals surface area contributed by atoms with Gasteiger partial charge in [0.05, 0.1) is 39.3 Å². The Morgan fingerprint density at radius 1 is 0.690 bits per heavy atom. The molecule has 1 aliphatic rings. The first-order valence-corrected chi connectivity index (χ1v) is 15.7. The normalized spacial score (nSPS) is 21.7. The first-order chi connectivity index (χ1) is 19.5. The molecule has 0 aromatic carbocycles. The second-order valence-electron chi connectivity index (χ2n) is 13.1. The Hall–Kier alpha value is -2.20. The van der Waals surface area contributed by atoms with Crippen molar-refractivity contribution in [2.24, 2.45) is 10.8 Å². The number of rotatable bonds is 17. The number of ether oxygens (including phenoxy) is 4. The van der Waals surface area contributed by atoms with Crippen molar-refractivity contribution in [3.8, 4) is 0 Å². The van der Waals surface area contributed by atoms with Gasteiger partial charge in [-0.2, -0.15) is 0 Å². The highest BCUT2D eigenvalue weighted by molar-refractivity contribution is 5.83. The van der Waals surface area contributed by atoms with E-state index < -0.39 is 36.0 Å². The van der Waals surface area contributed by atoms with Crippen molar-refractivity contribution in [1.82, 2.24) is 9.80 Å². The number of carbonyl (C=O) groups is 4. The molecule has 42 heavy (non-hydrogen) atoms. The monoisotopic (exact) mass is 598 g/mol. The summed E-state index contributed by atoms with van der Waals surface area (Å²) < 4.78 is 21.3. The second kappa shape index (κ2) is 17.2. The molecule has 1 aliphatic carbocycles. The van der Waals surface area contributed by atoms with Crippen molar-refractivity contribution in [2.75, 3.05) is 33.0 Å². The van der Waals surface area contributed by atoms with Crippen LogP contribution in [0.25, 0.3) is 0 Å². The first-order valence-electron chi connectivity index (χ1n) is 15.7. The summed E-state index contributed by atoms with van der Waals surface area (Å²) in [5, 5.41) is 0. The SMILES string of the molecule is CCOC(=O)CC(C(=O)OCC)N(CC1(C)CC(N(C(C)C)C(CC(=O)OCC)C(=O)OCC)CC(C)(C)C1)C(C)C. The average Bonchev–Trinajstić information content (AvgIpc) is 2.84. The summed E-state index contributed by atoms with van der Waals surface area (Å²) in [6, 6.07) is -1.69. The molecule has 0 aromatic heterocycles. The van der Waals surface area contributed by atoms with E-state index in [2.05, 4.69) is 30.6 Å². The third-order valence-corrected chi connectivity index (χ3v) is 7.88. The van der Waals surface area contributed by atoms with Gasteiger partial charge in [0.15, 0.2) is 0 Å². The fourth-order valence-corrected chi connectivity index (χ4v) is 6.92. The second-order valence-corrected chi connectivity index (χ2v) is 13.1. The van der Waals surface area contributed by atoms with E-state index in [9.17, 15) is 19.2 Å². The molecular formula is C32H58N2O8. The lowest BCUT2D eigenvalue weighted by atomic mass is 9.61. The molecule has 10 heteroatoms. The fourth-order valence-electron chi connectivity index (χ4n) is 6.92. The maximum Gasteiger partial charge on any atom is 0.323 e. The summed E-state index contributed by atoms with van der Waals surface area (Å²) in [5.41, 5.74) is -0.385. The minimum atomic E-state index is -0.776. The Balaban J connectivity index is 3.51. The van der Waals surface area contributed by atoms with E-state index in [0.717, 1.165) is 19.3 Å². The number of hydrogen-bond acceptors (Lipinski definition) is 10. The zero-order valence-corrected chi connectivity index (χ0v) is 28.1. The van der Waals surface area contributed by atoms with Crippen LogP contribution in [-0.2, 0) is 38.1 Å². The van der Waals surface area contributed by atoms with E-state index in [1.807, 2.05) is 27.7 Å².